The van der Waals surface area contributed by atoms with Gasteiger partial charge in [-0.3, -0.25) is 0 Å². The van der Waals surface area contributed by atoms with Crippen LogP contribution in [-0.2, 0) is 0 Å². The van der Waals surface area contributed by atoms with Crippen molar-refractivity contribution in [3.8, 4) is 0 Å². The van der Waals surface area contributed by atoms with Crippen LogP contribution < -0.4 is 0 Å². The molecule has 3 rings (SSSR count). The topological polar surface area (TPSA) is 80.9 Å². The SMILES string of the molecule is CC1=C(/C=C/C2=CCC[C@@]3(C)[C@@H]2CC[C@@H]3[C@H](C)CCCC(C)(C)O)C[C@@H](O)[C@H](CCCO)[C@@H]1O. The zero-order valence-electron chi connectivity index (χ0n) is 22.3. The average molecular weight is 475 g/mol. The third kappa shape index (κ3) is 6.24. The normalized spacial score (nSPS) is 35.6. The van der Waals surface area contributed by atoms with E-state index >= 15 is 0 Å². The Kier molecular flexibility index (Phi) is 9.28. The van der Waals surface area contributed by atoms with Gasteiger partial charge >= 0.3 is 0 Å². The molecule has 3 aliphatic rings. The predicted molar refractivity (Wildman–Crippen MR) is 139 cm³/mol. The molecule has 1 saturated carbocycles. The van der Waals surface area contributed by atoms with Crippen LogP contribution in [0.15, 0.2) is 34.9 Å². The van der Waals surface area contributed by atoms with Gasteiger partial charge in [0.15, 0.2) is 0 Å². The lowest BCUT2D eigenvalue weighted by molar-refractivity contribution is 0.0127. The van der Waals surface area contributed by atoms with Gasteiger partial charge in [0.1, 0.15) is 0 Å². The van der Waals surface area contributed by atoms with E-state index in [1.807, 2.05) is 20.8 Å². The third-order valence-corrected chi connectivity index (χ3v) is 9.46. The highest BCUT2D eigenvalue weighted by Gasteiger charge is 2.49. The second-order valence-corrected chi connectivity index (χ2v) is 12.5. The van der Waals surface area contributed by atoms with E-state index in [9.17, 15) is 15.3 Å². The van der Waals surface area contributed by atoms with Gasteiger partial charge in [-0.2, -0.15) is 0 Å². The van der Waals surface area contributed by atoms with Crippen LogP contribution >= 0.6 is 0 Å². The minimum atomic E-state index is -0.638. The maximum atomic E-state index is 10.8. The molecule has 1 fully saturated rings. The van der Waals surface area contributed by atoms with Crippen LogP contribution in [0.3, 0.4) is 0 Å². The molecule has 194 valence electrons. The van der Waals surface area contributed by atoms with Gasteiger partial charge in [0.2, 0.25) is 0 Å². The molecule has 0 radical (unpaired) electrons. The van der Waals surface area contributed by atoms with E-state index in [0.29, 0.717) is 36.5 Å². The third-order valence-electron chi connectivity index (χ3n) is 9.46. The van der Waals surface area contributed by atoms with Gasteiger partial charge in [0.25, 0.3) is 0 Å². The van der Waals surface area contributed by atoms with Crippen LogP contribution in [-0.4, -0.2) is 44.8 Å². The summed E-state index contributed by atoms with van der Waals surface area (Å²) in [5.74, 6) is 1.79. The second kappa shape index (κ2) is 11.4. The van der Waals surface area contributed by atoms with E-state index in [-0.39, 0.29) is 12.5 Å². The molecule has 7 atom stereocenters. The summed E-state index contributed by atoms with van der Waals surface area (Å²) in [6.45, 7) is 10.8. The first-order valence-electron chi connectivity index (χ1n) is 13.7. The van der Waals surface area contributed by atoms with E-state index in [1.165, 1.54) is 31.3 Å². The van der Waals surface area contributed by atoms with Gasteiger partial charge in [-0.1, -0.05) is 44.9 Å². The molecule has 0 unspecified atom stereocenters. The van der Waals surface area contributed by atoms with E-state index < -0.39 is 17.8 Å². The molecule has 0 amide bonds. The van der Waals surface area contributed by atoms with Gasteiger partial charge in [-0.15, -0.1) is 0 Å². The molecule has 0 aromatic heterocycles. The lowest BCUT2D eigenvalue weighted by Crippen LogP contribution is -2.37. The highest BCUT2D eigenvalue weighted by atomic mass is 16.3. The maximum absolute atomic E-state index is 10.8. The Morgan fingerprint density at radius 2 is 1.91 bits per heavy atom. The Balaban J connectivity index is 1.68. The fourth-order valence-electron chi connectivity index (χ4n) is 7.37. The molecule has 0 bridgehead atoms. The lowest BCUT2D eigenvalue weighted by Gasteiger charge is -2.43. The van der Waals surface area contributed by atoms with Crippen molar-refractivity contribution in [1.82, 2.24) is 0 Å². The molecule has 0 spiro atoms. The molecule has 3 aliphatic carbocycles. The van der Waals surface area contributed by atoms with Gasteiger partial charge in [-0.25, -0.2) is 0 Å². The Labute approximate surface area is 207 Å². The molecule has 0 heterocycles. The summed E-state index contributed by atoms with van der Waals surface area (Å²) in [7, 11) is 0. The van der Waals surface area contributed by atoms with E-state index in [2.05, 4.69) is 32.1 Å². The van der Waals surface area contributed by atoms with Crippen molar-refractivity contribution in [3.05, 3.63) is 34.9 Å². The molecular weight excluding hydrogens is 424 g/mol. The molecular formula is C30H50O4. The van der Waals surface area contributed by atoms with E-state index in [0.717, 1.165) is 36.3 Å². The molecule has 4 heteroatoms. The number of hydrogen-bond acceptors (Lipinski definition) is 4. The molecule has 0 saturated heterocycles. The van der Waals surface area contributed by atoms with Crippen LogP contribution in [0.5, 0.6) is 0 Å². The summed E-state index contributed by atoms with van der Waals surface area (Å²) in [4.78, 5) is 0. The summed E-state index contributed by atoms with van der Waals surface area (Å²) >= 11 is 0. The van der Waals surface area contributed by atoms with Crippen molar-refractivity contribution < 1.29 is 20.4 Å². The first-order chi connectivity index (χ1) is 16.0. The Morgan fingerprint density at radius 1 is 1.18 bits per heavy atom. The maximum Gasteiger partial charge on any atom is 0.0806 e. The average Bonchev–Trinajstić information content (AvgIpc) is 3.12. The van der Waals surface area contributed by atoms with E-state index in [1.54, 1.807) is 0 Å². The van der Waals surface area contributed by atoms with Crippen molar-refractivity contribution in [2.45, 2.75) is 117 Å². The monoisotopic (exact) mass is 474 g/mol. The Bertz CT molecular complexity index is 773. The van der Waals surface area contributed by atoms with Crippen molar-refractivity contribution in [2.24, 2.45) is 29.1 Å². The van der Waals surface area contributed by atoms with Crippen molar-refractivity contribution in [3.63, 3.8) is 0 Å². The predicted octanol–water partition coefficient (Wildman–Crippen LogP) is 5.70. The Hall–Kier alpha value is -0.940. The zero-order valence-corrected chi connectivity index (χ0v) is 22.3. The highest BCUT2D eigenvalue weighted by Crippen LogP contribution is 2.58. The Morgan fingerprint density at radius 3 is 2.59 bits per heavy atom. The standard InChI is InChI=1S/C30H50O4/c1-20(9-6-16-29(3,4)34)25-14-15-26-22(10-7-17-30(25,26)5)12-13-23-19-27(32)24(11-8-18-31)28(33)21(23)2/h10,12-13,20,24-28,31-34H,6-9,11,14-19H2,1-5H3/b13-12+/t20-,24+,25-,26-,27-,28-,30-/m1/s1. The van der Waals surface area contributed by atoms with Crippen molar-refractivity contribution in [2.75, 3.05) is 6.61 Å². The number of rotatable bonds is 10. The quantitative estimate of drug-likeness (QED) is 0.327. The van der Waals surface area contributed by atoms with Gasteiger partial charge in [0, 0.05) is 12.5 Å². The minimum Gasteiger partial charge on any atom is -0.396 e. The molecule has 0 aromatic carbocycles. The number of fused-ring (bicyclic) bond motifs is 1. The fourth-order valence-corrected chi connectivity index (χ4v) is 7.37. The van der Waals surface area contributed by atoms with Crippen molar-refractivity contribution >= 4 is 0 Å². The molecule has 4 N–H and O–H groups in total. The highest BCUT2D eigenvalue weighted by molar-refractivity contribution is 5.37. The number of aliphatic hydroxyl groups excluding tert-OH is 3. The first kappa shape index (κ1) is 27.6. The summed E-state index contributed by atoms with van der Waals surface area (Å²) in [5.41, 5.74) is 3.22. The van der Waals surface area contributed by atoms with Crippen LogP contribution in [0.25, 0.3) is 0 Å². The largest absolute Gasteiger partial charge is 0.396 e. The van der Waals surface area contributed by atoms with Gasteiger partial charge in [-0.05, 0) is 112 Å². The van der Waals surface area contributed by atoms with Gasteiger partial charge in [0.05, 0.1) is 17.8 Å². The van der Waals surface area contributed by atoms with Crippen LogP contribution in [0.1, 0.15) is 98.8 Å². The van der Waals surface area contributed by atoms with E-state index in [4.69, 9.17) is 5.11 Å². The number of allylic oxidation sites excluding steroid dienone is 4. The summed E-state index contributed by atoms with van der Waals surface area (Å²) < 4.78 is 0. The number of aliphatic hydroxyl groups is 4. The zero-order chi connectivity index (χ0) is 25.1. The fraction of sp³-hybridized carbons (Fsp3) is 0.800. The molecule has 0 aliphatic heterocycles. The number of hydrogen-bond donors (Lipinski definition) is 4. The smallest absolute Gasteiger partial charge is 0.0806 e. The molecule has 0 aromatic rings. The first-order valence-corrected chi connectivity index (χ1v) is 13.7. The summed E-state index contributed by atoms with van der Waals surface area (Å²) in [6, 6.07) is 0. The molecule has 34 heavy (non-hydrogen) atoms. The van der Waals surface area contributed by atoms with Crippen LogP contribution in [0.4, 0.5) is 0 Å². The summed E-state index contributed by atoms with van der Waals surface area (Å²) in [6.07, 6.45) is 15.5. The minimum absolute atomic E-state index is 0.0960. The molecule has 4 nitrogen and oxygen atoms in total. The summed E-state index contributed by atoms with van der Waals surface area (Å²) in [5, 5.41) is 40.7. The van der Waals surface area contributed by atoms with Crippen molar-refractivity contribution in [1.29, 1.82) is 0 Å². The van der Waals surface area contributed by atoms with Crippen LogP contribution in [0.2, 0.25) is 0 Å². The van der Waals surface area contributed by atoms with Crippen LogP contribution in [0, 0.1) is 29.1 Å². The second-order valence-electron chi connectivity index (χ2n) is 12.5. The lowest BCUT2D eigenvalue weighted by atomic mass is 9.62. The van der Waals surface area contributed by atoms with Gasteiger partial charge < -0.3 is 20.4 Å².